The molecule has 2 atom stereocenters. The first kappa shape index (κ1) is 15.1. The van der Waals surface area contributed by atoms with Crippen molar-refractivity contribution in [1.29, 1.82) is 0 Å². The number of ether oxygens (including phenoxy) is 1. The summed E-state index contributed by atoms with van der Waals surface area (Å²) in [6, 6.07) is 3.78. The molecule has 1 amide bonds. The molecule has 7 heteroatoms. The van der Waals surface area contributed by atoms with Crippen molar-refractivity contribution in [3.8, 4) is 0 Å². The number of carbonyl (C=O) groups is 1. The Morgan fingerprint density at radius 3 is 3.04 bits per heavy atom. The van der Waals surface area contributed by atoms with Crippen LogP contribution in [0.3, 0.4) is 0 Å². The van der Waals surface area contributed by atoms with Crippen molar-refractivity contribution in [2.75, 3.05) is 26.3 Å². The predicted molar refractivity (Wildman–Crippen MR) is 88.0 cm³/mol. The van der Waals surface area contributed by atoms with E-state index in [4.69, 9.17) is 9.15 Å². The van der Waals surface area contributed by atoms with Gasteiger partial charge in [0.2, 0.25) is 11.8 Å². The quantitative estimate of drug-likeness (QED) is 0.844. The van der Waals surface area contributed by atoms with E-state index in [1.54, 1.807) is 0 Å². The van der Waals surface area contributed by atoms with Crippen LogP contribution in [0.25, 0.3) is 0 Å². The number of amides is 1. The average Bonchev–Trinajstić information content (AvgIpc) is 2.93. The molecule has 2 saturated heterocycles. The highest BCUT2D eigenvalue weighted by Gasteiger charge is 2.53. The van der Waals surface area contributed by atoms with Gasteiger partial charge in [0, 0.05) is 50.0 Å². The molecule has 3 fully saturated rings. The molecule has 132 valence electrons. The zero-order valence-electron chi connectivity index (χ0n) is 14.4. The normalized spacial score (nSPS) is 28.5. The average molecular weight is 342 g/mol. The predicted octanol–water partition coefficient (Wildman–Crippen LogP) is 1.62. The third kappa shape index (κ3) is 2.49. The molecule has 25 heavy (non-hydrogen) atoms. The number of hydrogen-bond acceptors (Lipinski definition) is 5. The highest BCUT2D eigenvalue weighted by atomic mass is 16.5. The highest BCUT2D eigenvalue weighted by molar-refractivity contribution is 5.93. The summed E-state index contributed by atoms with van der Waals surface area (Å²) >= 11 is 0. The lowest BCUT2D eigenvalue weighted by molar-refractivity contribution is 0.0705. The van der Waals surface area contributed by atoms with Gasteiger partial charge in [-0.2, -0.15) is 0 Å². The molecule has 2 aliphatic heterocycles. The summed E-state index contributed by atoms with van der Waals surface area (Å²) in [6.07, 6.45) is 4.89. The van der Waals surface area contributed by atoms with E-state index in [2.05, 4.69) is 10.2 Å². The van der Waals surface area contributed by atoms with Crippen LogP contribution in [0.5, 0.6) is 0 Å². The van der Waals surface area contributed by atoms with E-state index < -0.39 is 0 Å². The molecule has 5 rings (SSSR count). The Hall–Kier alpha value is -2.15. The minimum absolute atomic E-state index is 0.0884. The van der Waals surface area contributed by atoms with Crippen LogP contribution in [0.4, 0.5) is 0 Å². The van der Waals surface area contributed by atoms with Gasteiger partial charge in [0.1, 0.15) is 5.69 Å². The van der Waals surface area contributed by atoms with Crippen molar-refractivity contribution in [1.82, 2.24) is 19.7 Å². The second-order valence-electron chi connectivity index (χ2n) is 7.75. The van der Waals surface area contributed by atoms with Gasteiger partial charge in [-0.3, -0.25) is 4.79 Å². The van der Waals surface area contributed by atoms with Crippen molar-refractivity contribution >= 4 is 5.91 Å². The largest absolute Gasteiger partial charge is 0.425 e. The Balaban J connectivity index is 1.36. The van der Waals surface area contributed by atoms with Crippen LogP contribution in [0.1, 0.15) is 41.0 Å². The summed E-state index contributed by atoms with van der Waals surface area (Å²) in [5, 5.41) is 8.45. The Morgan fingerprint density at radius 1 is 1.40 bits per heavy atom. The molecule has 2 aromatic rings. The summed E-state index contributed by atoms with van der Waals surface area (Å²) in [7, 11) is 1.90. The summed E-state index contributed by atoms with van der Waals surface area (Å²) in [6.45, 7) is 2.76. The molecular formula is C18H22N4O3. The smallest absolute Gasteiger partial charge is 0.270 e. The second kappa shape index (κ2) is 5.42. The van der Waals surface area contributed by atoms with Gasteiger partial charge in [-0.15, -0.1) is 10.2 Å². The Morgan fingerprint density at radius 2 is 2.28 bits per heavy atom. The second-order valence-corrected chi connectivity index (χ2v) is 7.75. The molecule has 0 unspecified atom stereocenters. The standard InChI is InChI=1S/C18H22N4O3/c1-21-6-2-3-14(21)17(23)22-8-13-9-24-11-18(13,10-22)7-15-19-20-16(25-15)12-4-5-12/h2-3,6,12-13H,4-5,7-11H2,1H3/t13-,18+/m0/s1. The lowest BCUT2D eigenvalue weighted by atomic mass is 9.78. The van der Waals surface area contributed by atoms with Gasteiger partial charge in [0.05, 0.1) is 13.2 Å². The van der Waals surface area contributed by atoms with E-state index in [9.17, 15) is 4.79 Å². The van der Waals surface area contributed by atoms with E-state index in [1.807, 2.05) is 34.8 Å². The Labute approximate surface area is 146 Å². The summed E-state index contributed by atoms with van der Waals surface area (Å²) < 4.78 is 13.5. The zero-order chi connectivity index (χ0) is 17.0. The maximum Gasteiger partial charge on any atom is 0.270 e. The number of rotatable bonds is 4. The number of aromatic nitrogens is 3. The van der Waals surface area contributed by atoms with Crippen LogP contribution < -0.4 is 0 Å². The van der Waals surface area contributed by atoms with Crippen molar-refractivity contribution in [3.63, 3.8) is 0 Å². The van der Waals surface area contributed by atoms with E-state index in [0.717, 1.165) is 31.0 Å². The number of aryl methyl sites for hydroxylation is 1. The minimum atomic E-state index is -0.103. The molecule has 4 heterocycles. The molecule has 0 radical (unpaired) electrons. The van der Waals surface area contributed by atoms with Crippen molar-refractivity contribution in [3.05, 3.63) is 35.8 Å². The fourth-order valence-corrected chi connectivity index (χ4v) is 4.22. The van der Waals surface area contributed by atoms with Crippen LogP contribution in [-0.4, -0.2) is 51.9 Å². The van der Waals surface area contributed by atoms with Gasteiger partial charge in [0.15, 0.2) is 0 Å². The molecule has 0 aromatic carbocycles. The fraction of sp³-hybridized carbons (Fsp3) is 0.611. The van der Waals surface area contributed by atoms with Gasteiger partial charge < -0.3 is 18.6 Å². The van der Waals surface area contributed by atoms with Crippen LogP contribution >= 0.6 is 0 Å². The Bertz CT molecular complexity index is 809. The maximum atomic E-state index is 12.9. The van der Waals surface area contributed by atoms with Gasteiger partial charge in [0.25, 0.3) is 5.91 Å². The summed E-state index contributed by atoms with van der Waals surface area (Å²) in [5.41, 5.74) is 0.624. The molecule has 0 N–H and O–H groups in total. The first-order chi connectivity index (χ1) is 12.1. The highest BCUT2D eigenvalue weighted by Crippen LogP contribution is 2.45. The number of fused-ring (bicyclic) bond motifs is 1. The third-order valence-corrected chi connectivity index (χ3v) is 5.88. The van der Waals surface area contributed by atoms with Gasteiger partial charge in [-0.05, 0) is 25.0 Å². The zero-order valence-corrected chi connectivity index (χ0v) is 14.4. The molecule has 0 spiro atoms. The molecule has 2 aromatic heterocycles. The van der Waals surface area contributed by atoms with Crippen molar-refractivity contribution in [2.45, 2.75) is 25.2 Å². The van der Waals surface area contributed by atoms with E-state index in [0.29, 0.717) is 43.9 Å². The molecule has 1 aliphatic carbocycles. The van der Waals surface area contributed by atoms with E-state index in [1.165, 1.54) is 0 Å². The first-order valence-corrected chi connectivity index (χ1v) is 8.95. The molecular weight excluding hydrogens is 320 g/mol. The van der Waals surface area contributed by atoms with Crippen molar-refractivity contribution < 1.29 is 13.9 Å². The minimum Gasteiger partial charge on any atom is -0.425 e. The van der Waals surface area contributed by atoms with Gasteiger partial charge in [-0.25, -0.2) is 0 Å². The SMILES string of the molecule is Cn1cccc1C(=O)N1C[C@H]2COC[C@@]2(Cc2nnc(C3CC3)o2)C1. The topological polar surface area (TPSA) is 73.4 Å². The summed E-state index contributed by atoms with van der Waals surface area (Å²) in [4.78, 5) is 14.8. The van der Waals surface area contributed by atoms with E-state index >= 15 is 0 Å². The van der Waals surface area contributed by atoms with E-state index in [-0.39, 0.29) is 11.3 Å². The van der Waals surface area contributed by atoms with Crippen molar-refractivity contribution in [2.24, 2.45) is 18.4 Å². The maximum absolute atomic E-state index is 12.9. The van der Waals surface area contributed by atoms with Crippen LogP contribution in [0, 0.1) is 11.3 Å². The fourth-order valence-electron chi connectivity index (χ4n) is 4.22. The lowest BCUT2D eigenvalue weighted by Crippen LogP contribution is -2.36. The number of carbonyl (C=O) groups excluding carboxylic acids is 1. The van der Waals surface area contributed by atoms with Gasteiger partial charge >= 0.3 is 0 Å². The first-order valence-electron chi connectivity index (χ1n) is 8.95. The molecule has 1 saturated carbocycles. The van der Waals surface area contributed by atoms with Crippen LogP contribution in [-0.2, 0) is 18.2 Å². The number of likely N-dealkylation sites (tertiary alicyclic amines) is 1. The molecule has 0 bridgehead atoms. The molecule has 3 aliphatic rings. The molecule has 7 nitrogen and oxygen atoms in total. The Kier molecular flexibility index (Phi) is 3.28. The number of hydrogen-bond donors (Lipinski definition) is 0. The lowest BCUT2D eigenvalue weighted by Gasteiger charge is -2.25. The third-order valence-electron chi connectivity index (χ3n) is 5.88. The van der Waals surface area contributed by atoms with Gasteiger partial charge in [-0.1, -0.05) is 0 Å². The monoisotopic (exact) mass is 342 g/mol. The summed E-state index contributed by atoms with van der Waals surface area (Å²) in [5.74, 6) is 2.34. The van der Waals surface area contributed by atoms with Crippen LogP contribution in [0.15, 0.2) is 22.7 Å². The number of nitrogens with zero attached hydrogens (tertiary/aromatic N) is 4. The van der Waals surface area contributed by atoms with Crippen LogP contribution in [0.2, 0.25) is 0 Å².